The van der Waals surface area contributed by atoms with Crippen LogP contribution < -0.4 is 15.5 Å². The van der Waals surface area contributed by atoms with Crippen LogP contribution in [0.3, 0.4) is 0 Å². The molecule has 0 bridgehead atoms. The number of benzene rings is 3. The molecule has 9 heteroatoms. The summed E-state index contributed by atoms with van der Waals surface area (Å²) in [5, 5.41) is 18.4. The summed E-state index contributed by atoms with van der Waals surface area (Å²) in [6.45, 7) is 0. The molecule has 31 heavy (non-hydrogen) atoms. The van der Waals surface area contributed by atoms with E-state index < -0.39 is 11.9 Å². The molecular weight excluding hydrogens is 402 g/mol. The number of carboxylic acid groups (broad SMARTS) is 2. The van der Waals surface area contributed by atoms with E-state index in [1.54, 1.807) is 30.3 Å². The van der Waals surface area contributed by atoms with Gasteiger partial charge in [-0.2, -0.15) is 0 Å². The molecule has 3 rings (SSSR count). The lowest BCUT2D eigenvalue weighted by Crippen LogP contribution is -2.17. The molecule has 0 aromatic heterocycles. The number of nitrogen functional groups attached to an aromatic ring is 1. The van der Waals surface area contributed by atoms with E-state index in [9.17, 15) is 24.3 Å². The highest BCUT2D eigenvalue weighted by atomic mass is 16.4. The molecule has 3 aromatic rings. The number of hydrogen-bond acceptors (Lipinski definition) is 5. The van der Waals surface area contributed by atoms with Crippen LogP contribution in [0.25, 0.3) is 0 Å². The van der Waals surface area contributed by atoms with Gasteiger partial charge in [-0.25, -0.2) is 9.59 Å². The molecule has 0 unspecified atom stereocenters. The van der Waals surface area contributed by atoms with E-state index >= 15 is 0 Å². The fraction of sp³-hybridized carbons (Fsp3) is 0. The van der Waals surface area contributed by atoms with Crippen molar-refractivity contribution in [3.63, 3.8) is 0 Å². The van der Waals surface area contributed by atoms with E-state index in [4.69, 9.17) is 10.8 Å². The summed E-state index contributed by atoms with van der Waals surface area (Å²) in [5.41, 5.74) is 7.16. The maximum absolute atomic E-state index is 11.7. The van der Waals surface area contributed by atoms with E-state index in [1.807, 2.05) is 0 Å². The first kappa shape index (κ1) is 21.1. The minimum Gasteiger partial charge on any atom is -0.478 e. The van der Waals surface area contributed by atoms with Crippen LogP contribution in [0.4, 0.5) is 28.4 Å². The summed E-state index contributed by atoms with van der Waals surface area (Å²) in [6.07, 6.45) is 1.08. The molecule has 0 heterocycles. The molecule has 4 N–H and O–H groups in total. The molecule has 0 aliphatic carbocycles. The van der Waals surface area contributed by atoms with Crippen LogP contribution in [0.2, 0.25) is 0 Å². The Kier molecular flexibility index (Phi) is 5.97. The van der Waals surface area contributed by atoms with Crippen molar-refractivity contribution in [1.82, 2.24) is 0 Å². The number of hydrogen-bond donors (Lipinski definition) is 3. The minimum atomic E-state index is -1.22. The molecular formula is C22H17N3O6. The first-order valence-electron chi connectivity index (χ1n) is 8.91. The van der Waals surface area contributed by atoms with Crippen LogP contribution >= 0.6 is 0 Å². The fourth-order valence-corrected chi connectivity index (χ4v) is 2.98. The quantitative estimate of drug-likeness (QED) is 0.376. The second-order valence-corrected chi connectivity index (χ2v) is 6.40. The first-order chi connectivity index (χ1) is 14.8. The standard InChI is InChI=1S/C22H17N3O6/c23-20-9-8-18(11-19(20)22(30)31)25(13-27)16-6-4-15(5-7-16)24(12-26)17-3-1-2-14(10-17)21(28)29/h1-13H,23H2,(H,28,29)(H,30,31). The van der Waals surface area contributed by atoms with Crippen LogP contribution in [0.15, 0.2) is 66.7 Å². The molecule has 0 aliphatic heterocycles. The number of carbonyl (C=O) groups excluding carboxylic acids is 2. The zero-order valence-corrected chi connectivity index (χ0v) is 16.0. The molecule has 0 atom stereocenters. The summed E-state index contributed by atoms with van der Waals surface area (Å²) in [6, 6.07) is 16.4. The third-order valence-electron chi connectivity index (χ3n) is 4.53. The maximum Gasteiger partial charge on any atom is 0.337 e. The van der Waals surface area contributed by atoms with Gasteiger partial charge in [-0.15, -0.1) is 0 Å². The smallest absolute Gasteiger partial charge is 0.337 e. The third-order valence-corrected chi connectivity index (χ3v) is 4.53. The monoisotopic (exact) mass is 419 g/mol. The Morgan fingerprint density at radius 1 is 0.710 bits per heavy atom. The van der Waals surface area contributed by atoms with Gasteiger partial charge in [0.25, 0.3) is 0 Å². The normalized spacial score (nSPS) is 10.2. The SMILES string of the molecule is Nc1ccc(N(C=O)c2ccc(N(C=O)c3cccc(C(=O)O)c3)cc2)cc1C(=O)O. The Morgan fingerprint density at radius 2 is 1.23 bits per heavy atom. The lowest BCUT2D eigenvalue weighted by Gasteiger charge is -2.21. The zero-order valence-electron chi connectivity index (χ0n) is 16.0. The van der Waals surface area contributed by atoms with Crippen LogP contribution in [0.1, 0.15) is 20.7 Å². The van der Waals surface area contributed by atoms with Crippen LogP contribution in [-0.2, 0) is 9.59 Å². The minimum absolute atomic E-state index is 0.0330. The van der Waals surface area contributed by atoms with Crippen molar-refractivity contribution < 1.29 is 29.4 Å². The molecule has 0 spiro atoms. The average Bonchev–Trinajstić information content (AvgIpc) is 2.77. The van der Waals surface area contributed by atoms with E-state index in [1.165, 1.54) is 46.2 Å². The van der Waals surface area contributed by atoms with Crippen molar-refractivity contribution in [3.05, 3.63) is 77.9 Å². The molecule has 2 amide bonds. The predicted molar refractivity (Wildman–Crippen MR) is 114 cm³/mol. The van der Waals surface area contributed by atoms with Gasteiger partial charge in [0.05, 0.1) is 11.1 Å². The fourth-order valence-electron chi connectivity index (χ4n) is 2.98. The Labute approximate surface area is 176 Å². The van der Waals surface area contributed by atoms with Gasteiger partial charge in [-0.1, -0.05) is 6.07 Å². The van der Waals surface area contributed by atoms with Gasteiger partial charge in [0.15, 0.2) is 0 Å². The van der Waals surface area contributed by atoms with Crippen molar-refractivity contribution in [2.75, 3.05) is 15.5 Å². The molecule has 156 valence electrons. The van der Waals surface area contributed by atoms with Gasteiger partial charge in [0, 0.05) is 28.4 Å². The Bertz CT molecular complexity index is 1160. The number of nitrogens with two attached hydrogens (primary N) is 1. The summed E-state index contributed by atoms with van der Waals surface area (Å²) >= 11 is 0. The first-order valence-corrected chi connectivity index (χ1v) is 8.91. The van der Waals surface area contributed by atoms with Gasteiger partial charge >= 0.3 is 11.9 Å². The number of rotatable bonds is 8. The molecule has 9 nitrogen and oxygen atoms in total. The molecule has 0 fully saturated rings. The number of nitrogens with zero attached hydrogens (tertiary/aromatic N) is 2. The lowest BCUT2D eigenvalue weighted by atomic mass is 10.1. The molecule has 0 saturated heterocycles. The van der Waals surface area contributed by atoms with Crippen molar-refractivity contribution >= 4 is 53.2 Å². The van der Waals surface area contributed by atoms with Gasteiger partial charge < -0.3 is 15.9 Å². The second-order valence-electron chi connectivity index (χ2n) is 6.40. The van der Waals surface area contributed by atoms with Crippen LogP contribution in [0.5, 0.6) is 0 Å². The number of carbonyl (C=O) groups is 4. The van der Waals surface area contributed by atoms with Crippen LogP contribution in [0, 0.1) is 0 Å². The molecule has 0 saturated carbocycles. The topological polar surface area (TPSA) is 141 Å². The maximum atomic E-state index is 11.7. The summed E-state index contributed by atoms with van der Waals surface area (Å²) in [7, 11) is 0. The van der Waals surface area contributed by atoms with E-state index in [2.05, 4.69) is 0 Å². The van der Waals surface area contributed by atoms with E-state index in [0.717, 1.165) is 0 Å². The van der Waals surface area contributed by atoms with Crippen molar-refractivity contribution in [2.24, 2.45) is 0 Å². The molecule has 0 aliphatic rings. The van der Waals surface area contributed by atoms with Gasteiger partial charge in [-0.05, 0) is 60.7 Å². The second kappa shape index (κ2) is 8.78. The van der Waals surface area contributed by atoms with Crippen molar-refractivity contribution in [2.45, 2.75) is 0 Å². The van der Waals surface area contributed by atoms with Gasteiger partial charge in [-0.3, -0.25) is 19.4 Å². The van der Waals surface area contributed by atoms with E-state index in [0.29, 0.717) is 35.6 Å². The van der Waals surface area contributed by atoms with E-state index in [-0.39, 0.29) is 16.8 Å². The van der Waals surface area contributed by atoms with Crippen molar-refractivity contribution in [1.29, 1.82) is 0 Å². The third kappa shape index (κ3) is 4.35. The highest BCUT2D eigenvalue weighted by Gasteiger charge is 2.16. The lowest BCUT2D eigenvalue weighted by molar-refractivity contribution is -0.107. The summed E-state index contributed by atoms with van der Waals surface area (Å²) < 4.78 is 0. The Hall–Kier alpha value is -4.66. The van der Waals surface area contributed by atoms with Crippen molar-refractivity contribution in [3.8, 4) is 0 Å². The largest absolute Gasteiger partial charge is 0.478 e. The number of carboxylic acids is 2. The van der Waals surface area contributed by atoms with Crippen LogP contribution in [-0.4, -0.2) is 35.0 Å². The average molecular weight is 419 g/mol. The highest BCUT2D eigenvalue weighted by molar-refractivity contribution is 5.97. The zero-order chi connectivity index (χ0) is 22.5. The number of amides is 2. The Morgan fingerprint density at radius 3 is 1.71 bits per heavy atom. The number of aromatic carboxylic acids is 2. The highest BCUT2D eigenvalue weighted by Crippen LogP contribution is 2.30. The molecule has 0 radical (unpaired) electrons. The predicted octanol–water partition coefficient (Wildman–Crippen LogP) is 3.25. The Balaban J connectivity index is 1.94. The summed E-state index contributed by atoms with van der Waals surface area (Å²) in [5.74, 6) is -2.33. The number of anilines is 5. The van der Waals surface area contributed by atoms with Gasteiger partial charge in [0.1, 0.15) is 0 Å². The summed E-state index contributed by atoms with van der Waals surface area (Å²) in [4.78, 5) is 48.3. The van der Waals surface area contributed by atoms with Gasteiger partial charge in [0.2, 0.25) is 12.8 Å². The molecule has 3 aromatic carbocycles.